The molecule has 1 rings (SSSR count). The van der Waals surface area contributed by atoms with E-state index in [-0.39, 0.29) is 6.10 Å². The third-order valence-electron chi connectivity index (χ3n) is 2.95. The molecule has 1 unspecified atom stereocenters. The van der Waals surface area contributed by atoms with Crippen molar-refractivity contribution >= 4 is 0 Å². The maximum atomic E-state index is 9.28. The summed E-state index contributed by atoms with van der Waals surface area (Å²) >= 11 is 0. The van der Waals surface area contributed by atoms with Crippen LogP contribution in [0.15, 0.2) is 18.2 Å². The lowest BCUT2D eigenvalue weighted by Gasteiger charge is -2.19. The Kier molecular flexibility index (Phi) is 6.12. The molecule has 0 saturated carbocycles. The third kappa shape index (κ3) is 4.64. The molecule has 4 heteroatoms. The molecule has 0 heterocycles. The van der Waals surface area contributed by atoms with Crippen LogP contribution in [0.5, 0.6) is 5.75 Å². The second-order valence-electron chi connectivity index (χ2n) is 4.73. The molecule has 0 aliphatic rings. The number of rotatable bonds is 7. The Labute approximate surface area is 109 Å². The van der Waals surface area contributed by atoms with Gasteiger partial charge in [-0.05, 0) is 38.1 Å². The van der Waals surface area contributed by atoms with Gasteiger partial charge in [0.1, 0.15) is 5.75 Å². The fourth-order valence-corrected chi connectivity index (χ4v) is 1.86. The monoisotopic (exact) mass is 252 g/mol. The minimum Gasteiger partial charge on any atom is -0.496 e. The second-order valence-corrected chi connectivity index (χ2v) is 4.73. The van der Waals surface area contributed by atoms with Crippen molar-refractivity contribution in [2.45, 2.75) is 32.5 Å². The molecule has 18 heavy (non-hydrogen) atoms. The zero-order valence-electron chi connectivity index (χ0n) is 11.5. The SMILES string of the molecule is COc1ccc(CN)cc1CN(C)CCC(C)O. The summed E-state index contributed by atoms with van der Waals surface area (Å²) in [5, 5.41) is 9.28. The van der Waals surface area contributed by atoms with E-state index in [1.165, 1.54) is 0 Å². The molecule has 0 fully saturated rings. The van der Waals surface area contributed by atoms with Gasteiger partial charge in [0, 0.05) is 25.2 Å². The van der Waals surface area contributed by atoms with Crippen molar-refractivity contribution < 1.29 is 9.84 Å². The Balaban J connectivity index is 2.69. The highest BCUT2D eigenvalue weighted by molar-refractivity contribution is 5.37. The summed E-state index contributed by atoms with van der Waals surface area (Å²) in [5.41, 5.74) is 7.89. The van der Waals surface area contributed by atoms with Crippen molar-refractivity contribution in [3.8, 4) is 5.75 Å². The Morgan fingerprint density at radius 2 is 2.17 bits per heavy atom. The van der Waals surface area contributed by atoms with Gasteiger partial charge in [-0.25, -0.2) is 0 Å². The van der Waals surface area contributed by atoms with E-state index < -0.39 is 0 Å². The van der Waals surface area contributed by atoms with Crippen LogP contribution in [0.25, 0.3) is 0 Å². The average Bonchev–Trinajstić information content (AvgIpc) is 2.36. The second kappa shape index (κ2) is 7.36. The predicted molar refractivity (Wildman–Crippen MR) is 73.5 cm³/mol. The fraction of sp³-hybridized carbons (Fsp3) is 0.571. The molecule has 0 saturated heterocycles. The van der Waals surface area contributed by atoms with Crippen LogP contribution in [0.4, 0.5) is 0 Å². The Bertz CT molecular complexity index is 367. The maximum Gasteiger partial charge on any atom is 0.123 e. The first-order valence-electron chi connectivity index (χ1n) is 6.29. The maximum absolute atomic E-state index is 9.28. The van der Waals surface area contributed by atoms with Crippen molar-refractivity contribution in [1.82, 2.24) is 4.90 Å². The largest absolute Gasteiger partial charge is 0.496 e. The van der Waals surface area contributed by atoms with E-state index in [2.05, 4.69) is 11.0 Å². The minimum absolute atomic E-state index is 0.260. The Morgan fingerprint density at radius 1 is 1.44 bits per heavy atom. The summed E-state index contributed by atoms with van der Waals surface area (Å²) in [4.78, 5) is 2.17. The lowest BCUT2D eigenvalue weighted by Crippen LogP contribution is -2.22. The van der Waals surface area contributed by atoms with Gasteiger partial charge in [0.15, 0.2) is 0 Å². The minimum atomic E-state index is -0.260. The molecule has 1 aromatic carbocycles. The first-order valence-corrected chi connectivity index (χ1v) is 6.29. The van der Waals surface area contributed by atoms with Crippen LogP contribution in [0.1, 0.15) is 24.5 Å². The van der Waals surface area contributed by atoms with Crippen LogP contribution in [0.3, 0.4) is 0 Å². The van der Waals surface area contributed by atoms with Crippen LogP contribution < -0.4 is 10.5 Å². The van der Waals surface area contributed by atoms with E-state index in [4.69, 9.17) is 10.5 Å². The van der Waals surface area contributed by atoms with Gasteiger partial charge in [0.25, 0.3) is 0 Å². The molecular formula is C14H24N2O2. The lowest BCUT2D eigenvalue weighted by atomic mass is 10.1. The first-order chi connectivity index (χ1) is 8.56. The number of nitrogens with zero attached hydrogens (tertiary/aromatic N) is 1. The number of hydrogen-bond donors (Lipinski definition) is 2. The van der Waals surface area contributed by atoms with Gasteiger partial charge < -0.3 is 20.5 Å². The summed E-state index contributed by atoms with van der Waals surface area (Å²) in [5.74, 6) is 0.885. The van der Waals surface area contributed by atoms with Gasteiger partial charge in [-0.2, -0.15) is 0 Å². The molecular weight excluding hydrogens is 228 g/mol. The number of methoxy groups -OCH3 is 1. The van der Waals surface area contributed by atoms with Gasteiger partial charge in [-0.15, -0.1) is 0 Å². The number of nitrogens with two attached hydrogens (primary N) is 1. The van der Waals surface area contributed by atoms with Gasteiger partial charge >= 0.3 is 0 Å². The summed E-state index contributed by atoms with van der Waals surface area (Å²) in [6.45, 7) is 4.00. The molecule has 0 radical (unpaired) electrons. The number of hydrogen-bond acceptors (Lipinski definition) is 4. The fourth-order valence-electron chi connectivity index (χ4n) is 1.86. The van der Waals surface area contributed by atoms with Gasteiger partial charge in [-0.1, -0.05) is 6.07 Å². The van der Waals surface area contributed by atoms with Gasteiger partial charge in [0.05, 0.1) is 13.2 Å². The lowest BCUT2D eigenvalue weighted by molar-refractivity contribution is 0.162. The topological polar surface area (TPSA) is 58.7 Å². The predicted octanol–water partition coefficient (Wildman–Crippen LogP) is 1.36. The number of aliphatic hydroxyl groups is 1. The van der Waals surface area contributed by atoms with E-state index in [1.54, 1.807) is 7.11 Å². The average molecular weight is 252 g/mol. The van der Waals surface area contributed by atoms with E-state index in [0.29, 0.717) is 6.54 Å². The Morgan fingerprint density at radius 3 is 2.72 bits per heavy atom. The third-order valence-corrected chi connectivity index (χ3v) is 2.95. The molecule has 0 aliphatic heterocycles. The normalized spacial score (nSPS) is 12.8. The molecule has 1 atom stereocenters. The molecule has 0 amide bonds. The molecule has 0 aromatic heterocycles. The smallest absolute Gasteiger partial charge is 0.123 e. The number of aliphatic hydroxyl groups excluding tert-OH is 1. The molecule has 102 valence electrons. The van der Waals surface area contributed by atoms with Crippen LogP contribution in [0.2, 0.25) is 0 Å². The van der Waals surface area contributed by atoms with Crippen LogP contribution >= 0.6 is 0 Å². The van der Waals surface area contributed by atoms with Gasteiger partial charge in [0.2, 0.25) is 0 Å². The quantitative estimate of drug-likeness (QED) is 0.769. The number of benzene rings is 1. The standard InChI is InChI=1S/C14H24N2O2/c1-11(17)6-7-16(2)10-13-8-12(9-15)4-5-14(13)18-3/h4-5,8,11,17H,6-7,9-10,15H2,1-3H3. The summed E-state index contributed by atoms with van der Waals surface area (Å²) in [6.07, 6.45) is 0.514. The highest BCUT2D eigenvalue weighted by Gasteiger charge is 2.08. The highest BCUT2D eigenvalue weighted by Crippen LogP contribution is 2.21. The van der Waals surface area contributed by atoms with Crippen LogP contribution in [-0.2, 0) is 13.1 Å². The van der Waals surface area contributed by atoms with E-state index in [9.17, 15) is 5.11 Å². The molecule has 1 aromatic rings. The molecule has 0 aliphatic carbocycles. The van der Waals surface area contributed by atoms with Gasteiger partial charge in [-0.3, -0.25) is 0 Å². The molecule has 0 bridgehead atoms. The number of ether oxygens (including phenoxy) is 1. The van der Waals surface area contributed by atoms with E-state index in [1.807, 2.05) is 26.1 Å². The van der Waals surface area contributed by atoms with Crippen molar-refractivity contribution in [3.05, 3.63) is 29.3 Å². The van der Waals surface area contributed by atoms with Crippen molar-refractivity contribution in [2.75, 3.05) is 20.7 Å². The molecule has 4 nitrogen and oxygen atoms in total. The molecule has 0 spiro atoms. The summed E-state index contributed by atoms with van der Waals surface area (Å²) in [6, 6.07) is 6.02. The van der Waals surface area contributed by atoms with Crippen molar-refractivity contribution in [1.29, 1.82) is 0 Å². The summed E-state index contributed by atoms with van der Waals surface area (Å²) < 4.78 is 5.35. The van der Waals surface area contributed by atoms with Crippen molar-refractivity contribution in [2.24, 2.45) is 5.73 Å². The zero-order chi connectivity index (χ0) is 13.5. The zero-order valence-corrected chi connectivity index (χ0v) is 11.5. The Hall–Kier alpha value is -1.10. The highest BCUT2D eigenvalue weighted by atomic mass is 16.5. The summed E-state index contributed by atoms with van der Waals surface area (Å²) in [7, 11) is 3.72. The van der Waals surface area contributed by atoms with E-state index in [0.717, 1.165) is 36.4 Å². The van der Waals surface area contributed by atoms with Crippen LogP contribution in [-0.4, -0.2) is 36.8 Å². The van der Waals surface area contributed by atoms with Crippen LogP contribution in [0, 0.1) is 0 Å². The first kappa shape index (κ1) is 15.0. The van der Waals surface area contributed by atoms with Crippen molar-refractivity contribution in [3.63, 3.8) is 0 Å². The molecule has 3 N–H and O–H groups in total. The van der Waals surface area contributed by atoms with E-state index >= 15 is 0 Å².